The summed E-state index contributed by atoms with van der Waals surface area (Å²) in [6, 6.07) is 11.3. The normalized spacial score (nSPS) is 16.7. The van der Waals surface area contributed by atoms with Crippen LogP contribution in [0.25, 0.3) is 0 Å². The van der Waals surface area contributed by atoms with Gasteiger partial charge in [-0.15, -0.1) is 0 Å². The van der Waals surface area contributed by atoms with Crippen LogP contribution in [0.15, 0.2) is 53.5 Å². The van der Waals surface area contributed by atoms with Crippen molar-refractivity contribution in [2.24, 2.45) is 10.7 Å². The van der Waals surface area contributed by atoms with Crippen LogP contribution in [-0.2, 0) is 19.0 Å². The van der Waals surface area contributed by atoms with Crippen LogP contribution in [0.1, 0.15) is 15.9 Å². The van der Waals surface area contributed by atoms with E-state index >= 15 is 0 Å². The Kier molecular flexibility index (Phi) is 6.50. The highest BCUT2D eigenvalue weighted by atomic mass is 32.2. The molecule has 2 aromatic carbocycles. The number of amidine groups is 1. The number of nitro benzene ring substituents is 1. The van der Waals surface area contributed by atoms with E-state index in [1.165, 1.54) is 35.2 Å². The van der Waals surface area contributed by atoms with Crippen LogP contribution in [-0.4, -0.2) is 56.7 Å². The van der Waals surface area contributed by atoms with Gasteiger partial charge in [-0.2, -0.15) is 13.4 Å². The van der Waals surface area contributed by atoms with Crippen LogP contribution in [0, 0.1) is 10.1 Å². The molecular formula is C19H18N4O8S. The first kappa shape index (κ1) is 22.8. The van der Waals surface area contributed by atoms with Gasteiger partial charge in [-0.3, -0.25) is 24.0 Å². The van der Waals surface area contributed by atoms with E-state index in [9.17, 15) is 28.1 Å². The number of carbonyl (C=O) groups is 2. The summed E-state index contributed by atoms with van der Waals surface area (Å²) in [5.74, 6) is -0.858. The van der Waals surface area contributed by atoms with Gasteiger partial charge in [0.2, 0.25) is 0 Å². The van der Waals surface area contributed by atoms with E-state index in [1.807, 2.05) is 0 Å². The molecule has 0 spiro atoms. The highest BCUT2D eigenvalue weighted by molar-refractivity contribution is 7.85. The Bertz CT molecular complexity index is 1190. The molecule has 1 aliphatic heterocycles. The quantitative estimate of drug-likeness (QED) is 0.210. The zero-order valence-corrected chi connectivity index (χ0v) is 17.5. The van der Waals surface area contributed by atoms with E-state index < -0.39 is 33.1 Å². The number of hydrogen-bond acceptors (Lipinski definition) is 8. The molecule has 2 aromatic rings. The molecule has 32 heavy (non-hydrogen) atoms. The number of ether oxygens (including phenoxy) is 1. The number of anilines is 1. The van der Waals surface area contributed by atoms with E-state index in [-0.39, 0.29) is 30.2 Å². The smallest absolute Gasteiger partial charge is 0.414 e. The molecule has 1 unspecified atom stereocenters. The SMILES string of the molecule is CS(=O)(=O)OCC1CN(c2ccc(C(N)=NC(=O)c3cccc([N+](=O)[O-])c3)cc2)C(=O)O1. The molecule has 1 saturated heterocycles. The number of non-ortho nitro benzene ring substituents is 1. The summed E-state index contributed by atoms with van der Waals surface area (Å²) in [5, 5.41) is 10.8. The second-order valence-corrected chi connectivity index (χ2v) is 8.41. The van der Waals surface area contributed by atoms with Crippen LogP contribution in [0.4, 0.5) is 16.2 Å². The van der Waals surface area contributed by atoms with Gasteiger partial charge in [0.15, 0.2) is 0 Å². The second kappa shape index (κ2) is 9.11. The molecule has 12 nitrogen and oxygen atoms in total. The van der Waals surface area contributed by atoms with Gasteiger partial charge in [-0.1, -0.05) is 6.07 Å². The monoisotopic (exact) mass is 462 g/mol. The first-order valence-corrected chi connectivity index (χ1v) is 10.9. The molecule has 1 heterocycles. The lowest BCUT2D eigenvalue weighted by molar-refractivity contribution is -0.384. The molecule has 13 heteroatoms. The third kappa shape index (κ3) is 5.65. The van der Waals surface area contributed by atoms with Crippen molar-refractivity contribution in [3.8, 4) is 0 Å². The van der Waals surface area contributed by atoms with E-state index in [1.54, 1.807) is 12.1 Å². The van der Waals surface area contributed by atoms with Gasteiger partial charge in [-0.25, -0.2) is 4.79 Å². The number of carbonyl (C=O) groups excluding carboxylic acids is 2. The number of hydrogen-bond donors (Lipinski definition) is 1. The minimum atomic E-state index is -3.66. The number of benzene rings is 2. The van der Waals surface area contributed by atoms with Crippen molar-refractivity contribution in [3.63, 3.8) is 0 Å². The standard InChI is InChI=1S/C19H18N4O8S/c1-32(28,29)30-11-16-10-22(19(25)31-16)14-7-5-12(6-8-14)17(20)21-18(24)13-3-2-4-15(9-13)23(26)27/h2-9,16H,10-11H2,1H3,(H2,20,21,24). The average molecular weight is 462 g/mol. The molecule has 1 atom stereocenters. The summed E-state index contributed by atoms with van der Waals surface area (Å²) in [6.07, 6.45) is -0.519. The summed E-state index contributed by atoms with van der Waals surface area (Å²) >= 11 is 0. The summed E-state index contributed by atoms with van der Waals surface area (Å²) in [4.78, 5) is 39.6. The van der Waals surface area contributed by atoms with Crippen molar-refractivity contribution in [2.75, 3.05) is 24.3 Å². The van der Waals surface area contributed by atoms with Crippen molar-refractivity contribution in [1.29, 1.82) is 0 Å². The minimum absolute atomic E-state index is 0.0148. The summed E-state index contributed by atoms with van der Waals surface area (Å²) in [6.45, 7) is -0.207. The van der Waals surface area contributed by atoms with Crippen molar-refractivity contribution >= 4 is 39.3 Å². The van der Waals surface area contributed by atoms with Crippen LogP contribution < -0.4 is 10.6 Å². The Morgan fingerprint density at radius 2 is 1.97 bits per heavy atom. The predicted octanol–water partition coefficient (Wildman–Crippen LogP) is 1.44. The van der Waals surface area contributed by atoms with Gasteiger partial charge in [0.05, 0.1) is 17.7 Å². The Morgan fingerprint density at radius 1 is 1.28 bits per heavy atom. The predicted molar refractivity (Wildman–Crippen MR) is 113 cm³/mol. The van der Waals surface area contributed by atoms with Crippen molar-refractivity contribution in [1.82, 2.24) is 0 Å². The lowest BCUT2D eigenvalue weighted by Gasteiger charge is -2.13. The topological polar surface area (TPSA) is 172 Å². The molecule has 1 aliphatic rings. The van der Waals surface area contributed by atoms with Gasteiger partial charge < -0.3 is 10.5 Å². The highest BCUT2D eigenvalue weighted by Gasteiger charge is 2.33. The Labute approximate surface area is 182 Å². The number of nitrogens with zero attached hydrogens (tertiary/aromatic N) is 3. The molecule has 3 rings (SSSR count). The zero-order chi connectivity index (χ0) is 23.5. The van der Waals surface area contributed by atoms with Crippen LogP contribution >= 0.6 is 0 Å². The Balaban J connectivity index is 1.70. The Morgan fingerprint density at radius 3 is 2.59 bits per heavy atom. The first-order valence-electron chi connectivity index (χ1n) is 9.09. The zero-order valence-electron chi connectivity index (χ0n) is 16.7. The number of nitro groups is 1. The molecule has 2 amide bonds. The van der Waals surface area contributed by atoms with Gasteiger partial charge in [-0.05, 0) is 30.3 Å². The van der Waals surface area contributed by atoms with Crippen molar-refractivity contribution < 1.29 is 31.9 Å². The van der Waals surface area contributed by atoms with Gasteiger partial charge in [0.25, 0.3) is 21.7 Å². The summed E-state index contributed by atoms with van der Waals surface area (Å²) in [7, 11) is -3.66. The lowest BCUT2D eigenvalue weighted by atomic mass is 10.1. The third-order valence-electron chi connectivity index (χ3n) is 4.34. The van der Waals surface area contributed by atoms with Gasteiger partial charge in [0, 0.05) is 28.9 Å². The molecule has 0 aromatic heterocycles. The first-order chi connectivity index (χ1) is 15.0. The number of rotatable bonds is 7. The van der Waals surface area contributed by atoms with E-state index in [4.69, 9.17) is 10.5 Å². The summed E-state index contributed by atoms with van der Waals surface area (Å²) in [5.41, 5.74) is 6.49. The maximum absolute atomic E-state index is 12.3. The van der Waals surface area contributed by atoms with Gasteiger partial charge in [0.1, 0.15) is 18.5 Å². The average Bonchev–Trinajstić information content (AvgIpc) is 3.12. The van der Waals surface area contributed by atoms with E-state index in [0.29, 0.717) is 11.3 Å². The number of amides is 2. The highest BCUT2D eigenvalue weighted by Crippen LogP contribution is 2.22. The van der Waals surface area contributed by atoms with Crippen molar-refractivity contribution in [3.05, 3.63) is 69.8 Å². The largest absolute Gasteiger partial charge is 0.441 e. The second-order valence-electron chi connectivity index (χ2n) is 6.76. The van der Waals surface area contributed by atoms with Crippen LogP contribution in [0.3, 0.4) is 0 Å². The lowest BCUT2D eigenvalue weighted by Crippen LogP contribution is -2.26. The maximum atomic E-state index is 12.3. The molecule has 168 valence electrons. The number of aliphatic imine (C=N–C) groups is 1. The fourth-order valence-corrected chi connectivity index (χ4v) is 3.22. The summed E-state index contributed by atoms with van der Waals surface area (Å²) < 4.78 is 31.9. The Hall–Kier alpha value is -3.84. The van der Waals surface area contributed by atoms with Crippen molar-refractivity contribution in [2.45, 2.75) is 6.10 Å². The molecule has 2 N–H and O–H groups in total. The number of cyclic esters (lactones) is 1. The maximum Gasteiger partial charge on any atom is 0.414 e. The number of nitrogens with two attached hydrogens (primary N) is 1. The fourth-order valence-electron chi connectivity index (χ4n) is 2.82. The molecule has 0 aliphatic carbocycles. The molecule has 0 saturated carbocycles. The molecule has 0 radical (unpaired) electrons. The molecular weight excluding hydrogens is 444 g/mol. The minimum Gasteiger partial charge on any atom is -0.441 e. The van der Waals surface area contributed by atoms with Crippen LogP contribution in [0.2, 0.25) is 0 Å². The molecule has 1 fully saturated rings. The fraction of sp³-hybridized carbons (Fsp3) is 0.211. The van der Waals surface area contributed by atoms with Crippen LogP contribution in [0.5, 0.6) is 0 Å². The third-order valence-corrected chi connectivity index (χ3v) is 4.91. The van der Waals surface area contributed by atoms with Gasteiger partial charge >= 0.3 is 6.09 Å². The molecule has 0 bridgehead atoms. The van der Waals surface area contributed by atoms with E-state index in [0.717, 1.165) is 12.3 Å². The van der Waals surface area contributed by atoms with E-state index in [2.05, 4.69) is 9.18 Å².